The number of fused-ring (bicyclic) bond motifs is 1. The van der Waals surface area contributed by atoms with E-state index < -0.39 is 12.0 Å². The van der Waals surface area contributed by atoms with Crippen LogP contribution in [0.4, 0.5) is 5.13 Å². The Morgan fingerprint density at radius 1 is 1.03 bits per heavy atom. The molecule has 1 amide bonds. The molecule has 0 radical (unpaired) electrons. The number of benzene rings is 3. The van der Waals surface area contributed by atoms with Crippen molar-refractivity contribution in [1.82, 2.24) is 4.98 Å². The monoisotopic (exact) mass is 516 g/mol. The molecule has 3 aromatic carbocycles. The Morgan fingerprint density at radius 2 is 1.75 bits per heavy atom. The number of nitrogens with zero attached hydrogens (tertiary/aromatic N) is 1. The summed E-state index contributed by atoms with van der Waals surface area (Å²) in [7, 11) is 0. The molecule has 1 unspecified atom stereocenters. The predicted octanol–water partition coefficient (Wildman–Crippen LogP) is 7.03. The first-order chi connectivity index (χ1) is 17.5. The Balaban J connectivity index is 1.44. The van der Waals surface area contributed by atoms with Gasteiger partial charge in [-0.05, 0) is 30.7 Å². The molecule has 0 aliphatic rings. The second-order valence-electron chi connectivity index (χ2n) is 8.00. The zero-order chi connectivity index (χ0) is 25.1. The Morgan fingerprint density at radius 3 is 2.50 bits per heavy atom. The van der Waals surface area contributed by atoms with E-state index in [-0.39, 0.29) is 16.9 Å². The van der Waals surface area contributed by atoms with E-state index in [0.717, 1.165) is 11.3 Å². The van der Waals surface area contributed by atoms with Gasteiger partial charge in [0.25, 0.3) is 5.91 Å². The lowest BCUT2D eigenvalue weighted by molar-refractivity contribution is -0.122. The average Bonchev–Trinajstić information content (AvgIpc) is 3.37. The van der Waals surface area contributed by atoms with Crippen LogP contribution in [0, 0.1) is 0 Å². The minimum Gasteiger partial charge on any atom is -0.473 e. The van der Waals surface area contributed by atoms with Gasteiger partial charge in [0, 0.05) is 21.5 Å². The van der Waals surface area contributed by atoms with E-state index >= 15 is 0 Å². The lowest BCUT2D eigenvalue weighted by atomic mass is 10.1. The molecule has 180 valence electrons. The number of aromatic nitrogens is 1. The summed E-state index contributed by atoms with van der Waals surface area (Å²) in [6.45, 7) is 1.82. The first-order valence-electron chi connectivity index (χ1n) is 11.3. The normalized spacial score (nSPS) is 11.8. The number of rotatable bonds is 7. The van der Waals surface area contributed by atoms with E-state index in [0.29, 0.717) is 33.1 Å². The molecule has 5 aromatic rings. The van der Waals surface area contributed by atoms with E-state index in [1.807, 2.05) is 54.8 Å². The van der Waals surface area contributed by atoms with Crippen LogP contribution in [-0.4, -0.2) is 17.0 Å². The summed E-state index contributed by atoms with van der Waals surface area (Å²) in [5, 5.41) is 6.12. The molecule has 0 bridgehead atoms. The van der Waals surface area contributed by atoms with E-state index in [9.17, 15) is 9.59 Å². The highest BCUT2D eigenvalue weighted by atomic mass is 35.5. The SMILES string of the molecule is CCC(Oc1c(-c2ccccc2)oc2ccccc2c1=O)C(=O)Nc1nc(-c2ccc(Cl)cc2)cs1. The van der Waals surface area contributed by atoms with Gasteiger partial charge in [0.2, 0.25) is 11.2 Å². The number of thiazole rings is 1. The van der Waals surface area contributed by atoms with Crippen LogP contribution >= 0.6 is 22.9 Å². The van der Waals surface area contributed by atoms with Crippen molar-refractivity contribution < 1.29 is 13.9 Å². The van der Waals surface area contributed by atoms with Crippen LogP contribution in [0.25, 0.3) is 33.6 Å². The van der Waals surface area contributed by atoms with Crippen molar-refractivity contribution >= 4 is 44.9 Å². The Bertz CT molecular complexity index is 1580. The maximum Gasteiger partial charge on any atom is 0.267 e. The molecule has 0 aliphatic heterocycles. The highest BCUT2D eigenvalue weighted by molar-refractivity contribution is 7.14. The highest BCUT2D eigenvalue weighted by Gasteiger charge is 2.25. The largest absolute Gasteiger partial charge is 0.473 e. The number of ether oxygens (including phenoxy) is 1. The minimum absolute atomic E-state index is 0.00268. The molecule has 2 aromatic heterocycles. The number of carbonyl (C=O) groups is 1. The van der Waals surface area contributed by atoms with Gasteiger partial charge in [-0.15, -0.1) is 11.3 Å². The van der Waals surface area contributed by atoms with Crippen molar-refractivity contribution in [3.05, 3.63) is 99.5 Å². The zero-order valence-electron chi connectivity index (χ0n) is 19.2. The third kappa shape index (κ3) is 4.89. The van der Waals surface area contributed by atoms with Crippen LogP contribution < -0.4 is 15.5 Å². The number of para-hydroxylation sites is 1. The number of halogens is 1. The van der Waals surface area contributed by atoms with Crippen LogP contribution in [0.2, 0.25) is 5.02 Å². The maximum atomic E-state index is 13.4. The maximum absolute atomic E-state index is 13.4. The summed E-state index contributed by atoms with van der Waals surface area (Å²) in [6, 6.07) is 23.5. The second kappa shape index (κ2) is 10.4. The molecule has 36 heavy (non-hydrogen) atoms. The van der Waals surface area contributed by atoms with Gasteiger partial charge in [-0.2, -0.15) is 0 Å². The summed E-state index contributed by atoms with van der Waals surface area (Å²) < 4.78 is 12.2. The number of hydrogen-bond donors (Lipinski definition) is 1. The van der Waals surface area contributed by atoms with Crippen LogP contribution in [0.5, 0.6) is 5.75 Å². The number of carbonyl (C=O) groups excluding carboxylic acids is 1. The number of amides is 1. The standard InChI is InChI=1S/C28H21ClN2O4S/c1-2-22(27(33)31-28-30-21(16-36-28)17-12-14-19(29)15-13-17)34-26-24(32)20-10-6-7-11-23(20)35-25(26)18-8-4-3-5-9-18/h3-16,22H,2H2,1H3,(H,30,31,33). The minimum atomic E-state index is -0.931. The third-order valence-electron chi connectivity index (χ3n) is 5.59. The van der Waals surface area contributed by atoms with Crippen molar-refractivity contribution in [3.63, 3.8) is 0 Å². The summed E-state index contributed by atoms with van der Waals surface area (Å²) in [5.74, 6) is -0.117. The molecule has 0 spiro atoms. The molecule has 1 atom stereocenters. The molecule has 5 rings (SSSR count). The average molecular weight is 517 g/mol. The van der Waals surface area contributed by atoms with Crippen molar-refractivity contribution in [3.8, 4) is 28.3 Å². The summed E-state index contributed by atoms with van der Waals surface area (Å²) in [5.41, 5.74) is 2.41. The predicted molar refractivity (Wildman–Crippen MR) is 144 cm³/mol. The Hall–Kier alpha value is -3.94. The van der Waals surface area contributed by atoms with E-state index in [4.69, 9.17) is 20.8 Å². The van der Waals surface area contributed by atoms with Crippen LogP contribution in [0.15, 0.2) is 93.5 Å². The van der Waals surface area contributed by atoms with Gasteiger partial charge in [0.15, 0.2) is 17.0 Å². The Labute approximate surface area is 216 Å². The number of nitrogens with one attached hydrogen (secondary N) is 1. The smallest absolute Gasteiger partial charge is 0.267 e. The first-order valence-corrected chi connectivity index (χ1v) is 12.6. The molecule has 2 heterocycles. The fourth-order valence-electron chi connectivity index (χ4n) is 3.75. The van der Waals surface area contributed by atoms with Gasteiger partial charge in [-0.3, -0.25) is 14.9 Å². The van der Waals surface area contributed by atoms with Crippen molar-refractivity contribution in [2.45, 2.75) is 19.4 Å². The van der Waals surface area contributed by atoms with Crippen LogP contribution in [-0.2, 0) is 4.79 Å². The van der Waals surface area contributed by atoms with Gasteiger partial charge in [-0.25, -0.2) is 4.98 Å². The lowest BCUT2D eigenvalue weighted by Crippen LogP contribution is -2.34. The molecule has 8 heteroatoms. The van der Waals surface area contributed by atoms with E-state index in [1.54, 1.807) is 36.4 Å². The summed E-state index contributed by atoms with van der Waals surface area (Å²) in [6.07, 6.45) is -0.596. The summed E-state index contributed by atoms with van der Waals surface area (Å²) in [4.78, 5) is 31.0. The zero-order valence-corrected chi connectivity index (χ0v) is 20.8. The van der Waals surface area contributed by atoms with Gasteiger partial charge in [0.05, 0.1) is 11.1 Å². The molecule has 0 saturated carbocycles. The topological polar surface area (TPSA) is 81.4 Å². The van der Waals surface area contributed by atoms with Gasteiger partial charge in [0.1, 0.15) is 5.58 Å². The third-order valence-corrected chi connectivity index (χ3v) is 6.60. The summed E-state index contributed by atoms with van der Waals surface area (Å²) >= 11 is 7.27. The Kier molecular flexibility index (Phi) is 6.84. The number of anilines is 1. The quantitative estimate of drug-likeness (QED) is 0.251. The van der Waals surface area contributed by atoms with Crippen LogP contribution in [0.3, 0.4) is 0 Å². The van der Waals surface area contributed by atoms with Crippen molar-refractivity contribution in [2.24, 2.45) is 0 Å². The molecule has 0 aliphatic carbocycles. The molecule has 6 nitrogen and oxygen atoms in total. The fraction of sp³-hybridized carbons (Fsp3) is 0.107. The van der Waals surface area contributed by atoms with Gasteiger partial charge >= 0.3 is 0 Å². The molecular weight excluding hydrogens is 496 g/mol. The van der Waals surface area contributed by atoms with Crippen LogP contribution in [0.1, 0.15) is 13.3 Å². The van der Waals surface area contributed by atoms with E-state index in [1.165, 1.54) is 11.3 Å². The number of hydrogen-bond acceptors (Lipinski definition) is 6. The lowest BCUT2D eigenvalue weighted by Gasteiger charge is -2.18. The van der Waals surface area contributed by atoms with Crippen molar-refractivity contribution in [1.29, 1.82) is 0 Å². The van der Waals surface area contributed by atoms with Crippen molar-refractivity contribution in [2.75, 3.05) is 5.32 Å². The van der Waals surface area contributed by atoms with Gasteiger partial charge in [-0.1, -0.05) is 73.1 Å². The highest BCUT2D eigenvalue weighted by Crippen LogP contribution is 2.32. The fourth-order valence-corrected chi connectivity index (χ4v) is 4.59. The molecule has 0 fully saturated rings. The van der Waals surface area contributed by atoms with Gasteiger partial charge < -0.3 is 9.15 Å². The van der Waals surface area contributed by atoms with E-state index in [2.05, 4.69) is 10.3 Å². The second-order valence-corrected chi connectivity index (χ2v) is 9.29. The molecular formula is C28H21ClN2O4S. The molecule has 0 saturated heterocycles. The molecule has 1 N–H and O–H groups in total. The first kappa shape index (κ1) is 23.8.